The average Bonchev–Trinajstić information content (AvgIpc) is 2.33. The summed E-state index contributed by atoms with van der Waals surface area (Å²) in [4.78, 5) is 21.7. The summed E-state index contributed by atoms with van der Waals surface area (Å²) in [7, 11) is 1.34. The Hall–Kier alpha value is -1.70. The van der Waals surface area contributed by atoms with E-state index in [4.69, 9.17) is 22.1 Å². The molecule has 1 amide bonds. The van der Waals surface area contributed by atoms with Gasteiger partial charge in [-0.1, -0.05) is 17.7 Å². The van der Waals surface area contributed by atoms with Gasteiger partial charge in [0.15, 0.2) is 0 Å². The first-order valence-electron chi connectivity index (χ1n) is 4.98. The van der Waals surface area contributed by atoms with Crippen molar-refractivity contribution in [3.8, 4) is 0 Å². The molecule has 0 fully saturated rings. The Morgan fingerprint density at radius 1 is 1.67 bits per heavy atom. The Bertz CT molecular complexity index is 462. The fraction of sp³-hybridized carbons (Fsp3) is 0.300. The second-order valence-corrected chi connectivity index (χ2v) is 3.72. The first-order chi connectivity index (χ1) is 8.51. The lowest BCUT2D eigenvalue weighted by Crippen LogP contribution is -2.36. The molecule has 1 atom stereocenters. The maximum absolute atomic E-state index is 11.7. The fourth-order valence-electron chi connectivity index (χ4n) is 1.28. The summed E-state index contributed by atoms with van der Waals surface area (Å²) < 4.78 is 4.84. The van der Waals surface area contributed by atoms with Crippen LogP contribution < -0.4 is 11.1 Å². The molecular weight excluding hydrogens is 262 g/mol. The number of carbonyl (C=O) groups excluding carboxylic acids is 1. The molecule has 0 bridgehead atoms. The van der Waals surface area contributed by atoms with Gasteiger partial charge in [0.2, 0.25) is 0 Å². The summed E-state index contributed by atoms with van der Waals surface area (Å²) in [6.45, 7) is -0.00508. The highest BCUT2D eigenvalue weighted by atomic mass is 35.5. The third kappa shape index (κ3) is 3.16. The van der Waals surface area contributed by atoms with Gasteiger partial charge in [0, 0.05) is 19.7 Å². The Balaban J connectivity index is 2.95. The van der Waals surface area contributed by atoms with Crippen LogP contribution in [0.5, 0.6) is 0 Å². The number of nitro benzene ring substituents is 1. The standard InChI is InChI=1S/C10H12ClN3O4/c1-18-8(5-12)10(15)13-6-3-2-4-7(9(6)11)14(16)17/h2-4,8H,5,12H2,1H3,(H,13,15). The number of benzene rings is 1. The maximum Gasteiger partial charge on any atom is 0.290 e. The minimum atomic E-state index is -0.833. The molecule has 1 unspecified atom stereocenters. The molecule has 8 heteroatoms. The molecule has 1 aromatic carbocycles. The summed E-state index contributed by atoms with van der Waals surface area (Å²) in [6.07, 6.45) is -0.833. The minimum absolute atomic E-state index is 0.00508. The van der Waals surface area contributed by atoms with Gasteiger partial charge in [0.25, 0.3) is 11.6 Å². The zero-order valence-corrected chi connectivity index (χ0v) is 10.3. The lowest BCUT2D eigenvalue weighted by molar-refractivity contribution is -0.384. The smallest absolute Gasteiger partial charge is 0.290 e. The number of nitrogens with two attached hydrogens (primary N) is 1. The van der Waals surface area contributed by atoms with Crippen LogP contribution in [-0.4, -0.2) is 30.6 Å². The van der Waals surface area contributed by atoms with Crippen LogP contribution in [0.2, 0.25) is 5.02 Å². The van der Waals surface area contributed by atoms with Crippen molar-refractivity contribution in [2.24, 2.45) is 5.73 Å². The van der Waals surface area contributed by atoms with Crippen LogP contribution in [0, 0.1) is 10.1 Å². The number of anilines is 1. The van der Waals surface area contributed by atoms with E-state index in [1.807, 2.05) is 0 Å². The number of rotatable bonds is 5. The fourth-order valence-corrected chi connectivity index (χ4v) is 1.52. The largest absolute Gasteiger partial charge is 0.370 e. The Morgan fingerprint density at radius 3 is 2.83 bits per heavy atom. The van der Waals surface area contributed by atoms with Crippen LogP contribution >= 0.6 is 11.6 Å². The van der Waals surface area contributed by atoms with Gasteiger partial charge in [-0.2, -0.15) is 0 Å². The van der Waals surface area contributed by atoms with Gasteiger partial charge < -0.3 is 15.8 Å². The van der Waals surface area contributed by atoms with Crippen LogP contribution in [0.1, 0.15) is 0 Å². The number of nitrogens with one attached hydrogen (secondary N) is 1. The number of hydrogen-bond donors (Lipinski definition) is 2. The van der Waals surface area contributed by atoms with Gasteiger partial charge in [0.05, 0.1) is 10.6 Å². The molecule has 98 valence electrons. The number of methoxy groups -OCH3 is 1. The van der Waals surface area contributed by atoms with E-state index in [9.17, 15) is 14.9 Å². The summed E-state index contributed by atoms with van der Waals surface area (Å²) in [5, 5.41) is 13.0. The minimum Gasteiger partial charge on any atom is -0.370 e. The van der Waals surface area contributed by atoms with E-state index < -0.39 is 16.9 Å². The van der Waals surface area contributed by atoms with E-state index in [-0.39, 0.29) is 22.9 Å². The van der Waals surface area contributed by atoms with E-state index >= 15 is 0 Å². The predicted molar refractivity (Wildman–Crippen MR) is 66.6 cm³/mol. The van der Waals surface area contributed by atoms with E-state index in [0.717, 1.165) is 0 Å². The van der Waals surface area contributed by atoms with Gasteiger partial charge in [-0.15, -0.1) is 0 Å². The lowest BCUT2D eigenvalue weighted by atomic mass is 10.2. The number of hydrogen-bond acceptors (Lipinski definition) is 5. The molecule has 0 aliphatic heterocycles. The number of ether oxygens (including phenoxy) is 1. The molecule has 0 spiro atoms. The highest BCUT2D eigenvalue weighted by Crippen LogP contribution is 2.31. The van der Waals surface area contributed by atoms with Crippen molar-refractivity contribution in [1.29, 1.82) is 0 Å². The van der Waals surface area contributed by atoms with Crippen LogP contribution in [0.25, 0.3) is 0 Å². The van der Waals surface area contributed by atoms with Gasteiger partial charge >= 0.3 is 0 Å². The van der Waals surface area contributed by atoms with E-state index in [0.29, 0.717) is 0 Å². The van der Waals surface area contributed by atoms with Gasteiger partial charge in [-0.25, -0.2) is 0 Å². The van der Waals surface area contributed by atoms with Crippen LogP contribution in [0.4, 0.5) is 11.4 Å². The Morgan fingerprint density at radius 2 is 2.33 bits per heavy atom. The van der Waals surface area contributed by atoms with Crippen molar-refractivity contribution in [2.45, 2.75) is 6.10 Å². The molecule has 0 saturated heterocycles. The molecular formula is C10H12ClN3O4. The van der Waals surface area contributed by atoms with Crippen molar-refractivity contribution >= 4 is 28.9 Å². The molecule has 7 nitrogen and oxygen atoms in total. The molecule has 0 heterocycles. The predicted octanol–water partition coefficient (Wildman–Crippen LogP) is 1.16. The van der Waals surface area contributed by atoms with Crippen molar-refractivity contribution in [1.82, 2.24) is 0 Å². The molecule has 0 aromatic heterocycles. The van der Waals surface area contributed by atoms with Crippen molar-refractivity contribution in [3.63, 3.8) is 0 Å². The lowest BCUT2D eigenvalue weighted by Gasteiger charge is -2.13. The van der Waals surface area contributed by atoms with Crippen molar-refractivity contribution in [3.05, 3.63) is 33.3 Å². The second-order valence-electron chi connectivity index (χ2n) is 3.35. The summed E-state index contributed by atoms with van der Waals surface area (Å²) in [6, 6.07) is 4.12. The van der Waals surface area contributed by atoms with Crippen LogP contribution in [0.15, 0.2) is 18.2 Å². The quantitative estimate of drug-likeness (QED) is 0.618. The normalized spacial score (nSPS) is 11.9. The molecule has 1 rings (SSSR count). The van der Waals surface area contributed by atoms with E-state index in [1.54, 1.807) is 0 Å². The maximum atomic E-state index is 11.7. The average molecular weight is 274 g/mol. The third-order valence-corrected chi connectivity index (χ3v) is 2.62. The highest BCUT2D eigenvalue weighted by molar-refractivity contribution is 6.35. The third-order valence-electron chi connectivity index (χ3n) is 2.22. The monoisotopic (exact) mass is 273 g/mol. The highest BCUT2D eigenvalue weighted by Gasteiger charge is 2.20. The topological polar surface area (TPSA) is 107 Å². The summed E-state index contributed by atoms with van der Waals surface area (Å²) >= 11 is 5.81. The molecule has 0 aliphatic carbocycles. The number of carbonyl (C=O) groups is 1. The first kappa shape index (κ1) is 14.4. The molecule has 0 radical (unpaired) electrons. The number of nitrogens with zero attached hydrogens (tertiary/aromatic N) is 1. The van der Waals surface area contributed by atoms with Gasteiger partial charge in [-0.05, 0) is 6.07 Å². The van der Waals surface area contributed by atoms with Gasteiger partial charge in [-0.3, -0.25) is 14.9 Å². The molecule has 1 aromatic rings. The van der Waals surface area contributed by atoms with Gasteiger partial charge in [0.1, 0.15) is 11.1 Å². The zero-order chi connectivity index (χ0) is 13.7. The molecule has 0 aliphatic rings. The molecule has 3 N–H and O–H groups in total. The molecule has 18 heavy (non-hydrogen) atoms. The summed E-state index contributed by atoms with van der Waals surface area (Å²) in [5.41, 5.74) is 5.19. The van der Waals surface area contributed by atoms with E-state index in [1.165, 1.54) is 25.3 Å². The van der Waals surface area contributed by atoms with Crippen molar-refractivity contribution < 1.29 is 14.5 Å². The van der Waals surface area contributed by atoms with Crippen LogP contribution in [0.3, 0.4) is 0 Å². The van der Waals surface area contributed by atoms with E-state index in [2.05, 4.69) is 5.32 Å². The number of halogens is 1. The summed E-state index contributed by atoms with van der Waals surface area (Å²) in [5.74, 6) is -0.512. The Kier molecular flexibility index (Phi) is 5.02. The number of amides is 1. The van der Waals surface area contributed by atoms with Crippen molar-refractivity contribution in [2.75, 3.05) is 19.0 Å². The van der Waals surface area contributed by atoms with Crippen LogP contribution in [-0.2, 0) is 9.53 Å². The first-order valence-corrected chi connectivity index (χ1v) is 5.35. The Labute approximate surface area is 108 Å². The molecule has 0 saturated carbocycles. The SMILES string of the molecule is COC(CN)C(=O)Nc1cccc([N+](=O)[O-])c1Cl. The zero-order valence-electron chi connectivity index (χ0n) is 9.55. The number of nitro groups is 1. The second kappa shape index (κ2) is 6.29.